The van der Waals surface area contributed by atoms with Crippen LogP contribution in [0.5, 0.6) is 0 Å². The van der Waals surface area contributed by atoms with Crippen LogP contribution >= 0.6 is 0 Å². The summed E-state index contributed by atoms with van der Waals surface area (Å²) in [5.74, 6) is 0.962. The van der Waals surface area contributed by atoms with Crippen LogP contribution < -0.4 is 15.3 Å². The van der Waals surface area contributed by atoms with Gasteiger partial charge in [-0.3, -0.25) is 4.79 Å². The number of aryl methyl sites for hydroxylation is 1. The average Bonchev–Trinajstić information content (AvgIpc) is 3.45. The molecule has 0 atom stereocenters. The zero-order chi connectivity index (χ0) is 34.3. The highest BCUT2D eigenvalue weighted by Gasteiger charge is 2.32. The van der Waals surface area contributed by atoms with Crippen molar-refractivity contribution in [3.63, 3.8) is 0 Å². The van der Waals surface area contributed by atoms with Crippen molar-refractivity contribution in [1.29, 1.82) is 0 Å². The molecule has 3 amide bonds. The van der Waals surface area contributed by atoms with Crippen molar-refractivity contribution in [2.75, 3.05) is 47.7 Å². The van der Waals surface area contributed by atoms with Gasteiger partial charge in [0.2, 0.25) is 5.91 Å². The summed E-state index contributed by atoms with van der Waals surface area (Å²) < 4.78 is 31.8. The highest BCUT2D eigenvalue weighted by Crippen LogP contribution is 2.33. The molecule has 13 heteroatoms. The Morgan fingerprint density at radius 2 is 1.53 bits per heavy atom. The fraction of sp³-hybridized carbons (Fsp3) is 0.412. The second-order valence-corrected chi connectivity index (χ2v) is 15.5. The van der Waals surface area contributed by atoms with E-state index >= 15 is 0 Å². The Morgan fingerprint density at radius 3 is 2.11 bits per heavy atom. The van der Waals surface area contributed by atoms with Gasteiger partial charge in [-0.25, -0.2) is 14.5 Å². The molecular weight excluding hydrogens is 618 g/mol. The predicted octanol–water partition coefficient (Wildman–Crippen LogP) is 5.65. The van der Waals surface area contributed by atoms with Gasteiger partial charge in [-0.1, -0.05) is 83.5 Å². The van der Waals surface area contributed by atoms with E-state index in [4.69, 9.17) is 14.4 Å². The van der Waals surface area contributed by atoms with Gasteiger partial charge in [0.1, 0.15) is 5.82 Å². The molecule has 1 aliphatic rings. The number of anilines is 3. The first-order chi connectivity index (χ1) is 21.9. The number of carbonyl (C=O) groups is 2. The molecule has 4 aromatic rings. The Morgan fingerprint density at radius 1 is 0.915 bits per heavy atom. The Kier molecular flexibility index (Phi) is 9.08. The quantitative estimate of drug-likeness (QED) is 0.263. The highest BCUT2D eigenvalue weighted by molar-refractivity contribution is 7.86. The molecule has 2 aromatic carbocycles. The second-order valence-electron chi connectivity index (χ2n) is 14.0. The lowest BCUT2D eigenvalue weighted by molar-refractivity contribution is -0.139. The summed E-state index contributed by atoms with van der Waals surface area (Å²) in [4.78, 5) is 35.6. The van der Waals surface area contributed by atoms with Crippen molar-refractivity contribution < 1.29 is 22.3 Å². The third-order valence-corrected chi connectivity index (χ3v) is 8.28. The van der Waals surface area contributed by atoms with E-state index in [0.717, 1.165) is 23.0 Å². The molecule has 1 fully saturated rings. The summed E-state index contributed by atoms with van der Waals surface area (Å²) in [6.07, 6.45) is 2.43. The Labute approximate surface area is 276 Å². The van der Waals surface area contributed by atoms with E-state index in [2.05, 4.69) is 10.2 Å². The van der Waals surface area contributed by atoms with Gasteiger partial charge >= 0.3 is 6.03 Å². The van der Waals surface area contributed by atoms with E-state index < -0.39 is 27.0 Å². The SMILES string of the molecule is Cc1ccc(-n2nc(C(C)(C)C)cc2N(OS(C)(=O)=O)C(=O)Nc2cnc(N3CCN(C(=O)C(C)(C)C)CC3)c3ccccc23)cc1. The molecule has 1 aliphatic heterocycles. The largest absolute Gasteiger partial charge is 0.353 e. The first-order valence-electron chi connectivity index (χ1n) is 15.5. The molecule has 0 spiro atoms. The number of hydroxylamine groups is 1. The Balaban J connectivity index is 1.49. The highest BCUT2D eigenvalue weighted by atomic mass is 32.2. The van der Waals surface area contributed by atoms with Crippen LogP contribution in [-0.2, 0) is 24.6 Å². The fourth-order valence-corrected chi connectivity index (χ4v) is 5.78. The Bertz CT molecular complexity index is 1900. The number of urea groups is 1. The Hall–Kier alpha value is -4.49. The van der Waals surface area contributed by atoms with Gasteiger partial charge < -0.3 is 15.1 Å². The first kappa shape index (κ1) is 33.9. The molecule has 1 saturated heterocycles. The number of nitrogens with zero attached hydrogens (tertiary/aromatic N) is 6. The summed E-state index contributed by atoms with van der Waals surface area (Å²) in [5.41, 5.74) is 1.78. The van der Waals surface area contributed by atoms with E-state index in [1.807, 2.05) is 102 Å². The number of nitrogens with one attached hydrogen (secondary N) is 1. The van der Waals surface area contributed by atoms with Crippen LogP contribution in [0.2, 0.25) is 0 Å². The number of pyridine rings is 1. The van der Waals surface area contributed by atoms with E-state index in [1.165, 1.54) is 4.68 Å². The summed E-state index contributed by atoms with van der Waals surface area (Å²) in [6.45, 7) is 16.0. The van der Waals surface area contributed by atoms with E-state index in [-0.39, 0.29) is 11.7 Å². The molecule has 250 valence electrons. The standard InChI is InChI=1S/C34H43N7O5S/c1-23-13-15-24(16-14-23)40-29(21-28(37-40)33(2,3)4)41(46-47(8,44)45)32(43)36-27-22-35-30(26-12-10-9-11-25(26)27)38-17-19-39(20-18-38)31(42)34(5,6)7/h9-16,21-22H,17-20H2,1-8H3,(H,36,43). The summed E-state index contributed by atoms with van der Waals surface area (Å²) in [7, 11) is -4.15. The lowest BCUT2D eigenvalue weighted by Crippen LogP contribution is -2.51. The molecule has 0 aliphatic carbocycles. The van der Waals surface area contributed by atoms with Gasteiger partial charge in [-0.05, 0) is 19.1 Å². The molecule has 47 heavy (non-hydrogen) atoms. The van der Waals surface area contributed by atoms with E-state index in [1.54, 1.807) is 12.3 Å². The number of piperazine rings is 1. The third kappa shape index (κ3) is 7.57. The number of hydrogen-bond acceptors (Lipinski definition) is 8. The van der Waals surface area contributed by atoms with Crippen molar-refractivity contribution in [3.8, 4) is 5.69 Å². The third-order valence-electron chi connectivity index (χ3n) is 7.86. The van der Waals surface area contributed by atoms with Crippen LogP contribution in [0, 0.1) is 12.3 Å². The van der Waals surface area contributed by atoms with Crippen LogP contribution in [-0.4, -0.2) is 72.5 Å². The molecular formula is C34H43N7O5S. The van der Waals surface area contributed by atoms with E-state index in [9.17, 15) is 18.0 Å². The fourth-order valence-electron chi connectivity index (χ4n) is 5.36. The van der Waals surface area contributed by atoms with Crippen molar-refractivity contribution in [2.45, 2.75) is 53.9 Å². The normalized spacial score (nSPS) is 14.4. The van der Waals surface area contributed by atoms with Crippen molar-refractivity contribution in [2.24, 2.45) is 5.41 Å². The molecule has 5 rings (SSSR count). The minimum Gasteiger partial charge on any atom is -0.353 e. The summed E-state index contributed by atoms with van der Waals surface area (Å²) in [6, 6.07) is 15.8. The maximum Gasteiger partial charge on any atom is 0.353 e. The van der Waals surface area contributed by atoms with Crippen LogP contribution in [0.1, 0.15) is 52.8 Å². The van der Waals surface area contributed by atoms with Crippen molar-refractivity contribution >= 4 is 50.2 Å². The lowest BCUT2D eigenvalue weighted by atomic mass is 9.92. The number of hydrogen-bond donors (Lipinski definition) is 1. The van der Waals surface area contributed by atoms with Crippen LogP contribution in [0.3, 0.4) is 0 Å². The number of rotatable bonds is 6. The number of amides is 3. The summed E-state index contributed by atoms with van der Waals surface area (Å²) in [5, 5.41) is 9.80. The molecule has 0 unspecified atom stereocenters. The molecule has 0 radical (unpaired) electrons. The van der Waals surface area contributed by atoms with Crippen molar-refractivity contribution in [3.05, 3.63) is 72.1 Å². The van der Waals surface area contributed by atoms with Crippen LogP contribution in [0.15, 0.2) is 60.8 Å². The minimum absolute atomic E-state index is 0.110. The monoisotopic (exact) mass is 661 g/mol. The number of fused-ring (bicyclic) bond motifs is 1. The topological polar surface area (TPSA) is 130 Å². The lowest BCUT2D eigenvalue weighted by Gasteiger charge is -2.38. The van der Waals surface area contributed by atoms with Crippen LogP contribution in [0.25, 0.3) is 16.5 Å². The van der Waals surface area contributed by atoms with Gasteiger partial charge in [-0.15, -0.1) is 9.35 Å². The maximum atomic E-state index is 14.0. The van der Waals surface area contributed by atoms with Gasteiger partial charge in [0.05, 0.1) is 29.5 Å². The smallest absolute Gasteiger partial charge is 0.353 e. The predicted molar refractivity (Wildman–Crippen MR) is 184 cm³/mol. The second kappa shape index (κ2) is 12.6. The van der Waals surface area contributed by atoms with Gasteiger partial charge in [0, 0.05) is 53.8 Å². The van der Waals surface area contributed by atoms with Gasteiger partial charge in [0.15, 0.2) is 5.82 Å². The molecule has 2 aromatic heterocycles. The first-order valence-corrected chi connectivity index (χ1v) is 17.3. The number of benzene rings is 2. The van der Waals surface area contributed by atoms with Crippen LogP contribution in [0.4, 0.5) is 22.1 Å². The zero-order valence-corrected chi connectivity index (χ0v) is 29.1. The van der Waals surface area contributed by atoms with E-state index in [0.29, 0.717) is 53.7 Å². The zero-order valence-electron chi connectivity index (χ0n) is 28.2. The molecule has 0 saturated carbocycles. The number of carbonyl (C=O) groups excluding carboxylic acids is 2. The molecule has 0 bridgehead atoms. The summed E-state index contributed by atoms with van der Waals surface area (Å²) >= 11 is 0. The van der Waals surface area contributed by atoms with Crippen molar-refractivity contribution in [1.82, 2.24) is 19.7 Å². The minimum atomic E-state index is -4.15. The molecule has 12 nitrogen and oxygen atoms in total. The molecule has 3 heterocycles. The number of aromatic nitrogens is 3. The average molecular weight is 662 g/mol. The van der Waals surface area contributed by atoms with Gasteiger partial charge in [-0.2, -0.15) is 13.5 Å². The maximum absolute atomic E-state index is 14.0. The molecule has 1 N–H and O–H groups in total. The van der Waals surface area contributed by atoms with Gasteiger partial charge in [0.25, 0.3) is 10.1 Å².